The third-order valence-electron chi connectivity index (χ3n) is 3.06. The van der Waals surface area contributed by atoms with E-state index in [9.17, 15) is 0 Å². The van der Waals surface area contributed by atoms with Gasteiger partial charge in [0.15, 0.2) is 0 Å². The molecular weight excluding hydrogens is 258 g/mol. The fourth-order valence-corrected chi connectivity index (χ4v) is 2.34. The van der Waals surface area contributed by atoms with Crippen molar-refractivity contribution in [2.45, 2.75) is 19.1 Å². The summed E-state index contributed by atoms with van der Waals surface area (Å²) in [5.41, 5.74) is 1.21. The van der Waals surface area contributed by atoms with E-state index in [1.54, 1.807) is 0 Å². The SMILES string of the molecule is CNC(c1ccccc1)C(C)Oc1cccc(Cl)c1. The van der Waals surface area contributed by atoms with Crippen LogP contribution in [0.5, 0.6) is 5.75 Å². The molecule has 100 valence electrons. The highest BCUT2D eigenvalue weighted by Gasteiger charge is 2.18. The van der Waals surface area contributed by atoms with E-state index in [0.29, 0.717) is 5.02 Å². The zero-order valence-electron chi connectivity index (χ0n) is 11.1. The Kier molecular flexibility index (Phi) is 4.83. The van der Waals surface area contributed by atoms with Gasteiger partial charge in [-0.3, -0.25) is 0 Å². The van der Waals surface area contributed by atoms with E-state index < -0.39 is 0 Å². The topological polar surface area (TPSA) is 21.3 Å². The zero-order valence-corrected chi connectivity index (χ0v) is 11.9. The first-order valence-corrected chi connectivity index (χ1v) is 6.73. The first kappa shape index (κ1) is 13.9. The molecular formula is C16H18ClNO. The predicted molar refractivity (Wildman–Crippen MR) is 79.8 cm³/mol. The van der Waals surface area contributed by atoms with Gasteiger partial charge in [-0.25, -0.2) is 0 Å². The quantitative estimate of drug-likeness (QED) is 0.888. The van der Waals surface area contributed by atoms with Gasteiger partial charge < -0.3 is 10.1 Å². The van der Waals surface area contributed by atoms with Crippen LogP contribution in [0.2, 0.25) is 5.02 Å². The molecule has 19 heavy (non-hydrogen) atoms. The number of nitrogens with one attached hydrogen (secondary N) is 1. The van der Waals surface area contributed by atoms with Gasteiger partial charge in [0, 0.05) is 5.02 Å². The maximum Gasteiger partial charge on any atom is 0.121 e. The van der Waals surface area contributed by atoms with E-state index in [-0.39, 0.29) is 12.1 Å². The van der Waals surface area contributed by atoms with E-state index >= 15 is 0 Å². The number of likely N-dealkylation sites (N-methyl/N-ethyl adjacent to an activating group) is 1. The van der Waals surface area contributed by atoms with Crippen molar-refractivity contribution in [3.05, 3.63) is 65.2 Å². The van der Waals surface area contributed by atoms with Crippen molar-refractivity contribution in [3.8, 4) is 5.75 Å². The van der Waals surface area contributed by atoms with Gasteiger partial charge in [-0.1, -0.05) is 48.0 Å². The van der Waals surface area contributed by atoms with Crippen molar-refractivity contribution in [2.75, 3.05) is 7.05 Å². The molecule has 0 heterocycles. The molecule has 2 rings (SSSR count). The molecule has 2 atom stereocenters. The van der Waals surface area contributed by atoms with Gasteiger partial charge in [0.2, 0.25) is 0 Å². The largest absolute Gasteiger partial charge is 0.489 e. The minimum atomic E-state index is 0.00543. The standard InChI is InChI=1S/C16H18ClNO/c1-12(19-15-10-6-9-14(17)11-15)16(18-2)13-7-4-3-5-8-13/h3-12,16,18H,1-2H3. The molecule has 0 aliphatic carbocycles. The van der Waals surface area contributed by atoms with Crippen LogP contribution < -0.4 is 10.1 Å². The van der Waals surface area contributed by atoms with Gasteiger partial charge in [-0.05, 0) is 37.7 Å². The summed E-state index contributed by atoms with van der Waals surface area (Å²) < 4.78 is 5.96. The molecule has 0 fully saturated rings. The van der Waals surface area contributed by atoms with Crippen LogP contribution in [0.15, 0.2) is 54.6 Å². The van der Waals surface area contributed by atoms with Crippen molar-refractivity contribution >= 4 is 11.6 Å². The fraction of sp³-hybridized carbons (Fsp3) is 0.250. The number of benzene rings is 2. The lowest BCUT2D eigenvalue weighted by Crippen LogP contribution is -2.31. The van der Waals surface area contributed by atoms with E-state index in [4.69, 9.17) is 16.3 Å². The molecule has 3 heteroatoms. The van der Waals surface area contributed by atoms with Crippen molar-refractivity contribution < 1.29 is 4.74 Å². The first-order valence-electron chi connectivity index (χ1n) is 6.35. The zero-order chi connectivity index (χ0) is 13.7. The molecule has 0 saturated heterocycles. The van der Waals surface area contributed by atoms with Crippen molar-refractivity contribution in [3.63, 3.8) is 0 Å². The van der Waals surface area contributed by atoms with Gasteiger partial charge in [-0.15, -0.1) is 0 Å². The Labute approximate surface area is 119 Å². The Hall–Kier alpha value is -1.51. The molecule has 0 aromatic heterocycles. The highest BCUT2D eigenvalue weighted by atomic mass is 35.5. The lowest BCUT2D eigenvalue weighted by molar-refractivity contribution is 0.175. The third kappa shape index (κ3) is 3.72. The second-order valence-corrected chi connectivity index (χ2v) is 4.89. The number of hydrogen-bond donors (Lipinski definition) is 1. The Morgan fingerprint density at radius 1 is 1.05 bits per heavy atom. The van der Waals surface area contributed by atoms with Crippen LogP contribution in [0.3, 0.4) is 0 Å². The Morgan fingerprint density at radius 3 is 2.42 bits per heavy atom. The number of hydrogen-bond acceptors (Lipinski definition) is 2. The summed E-state index contributed by atoms with van der Waals surface area (Å²) in [7, 11) is 1.94. The van der Waals surface area contributed by atoms with E-state index in [1.807, 2.05) is 49.5 Å². The second-order valence-electron chi connectivity index (χ2n) is 4.46. The van der Waals surface area contributed by atoms with Crippen LogP contribution in [0, 0.1) is 0 Å². The molecule has 0 radical (unpaired) electrons. The van der Waals surface area contributed by atoms with E-state index in [0.717, 1.165) is 5.75 Å². The summed E-state index contributed by atoms with van der Waals surface area (Å²) in [6.45, 7) is 2.05. The number of rotatable bonds is 5. The summed E-state index contributed by atoms with van der Waals surface area (Å²) >= 11 is 5.96. The summed E-state index contributed by atoms with van der Waals surface area (Å²) in [6, 6.07) is 17.9. The van der Waals surface area contributed by atoms with Gasteiger partial charge in [0.25, 0.3) is 0 Å². The summed E-state index contributed by atoms with van der Waals surface area (Å²) in [5.74, 6) is 0.788. The lowest BCUT2D eigenvalue weighted by atomic mass is 10.0. The van der Waals surface area contributed by atoms with Crippen LogP contribution in [0.1, 0.15) is 18.5 Å². The van der Waals surface area contributed by atoms with E-state index in [2.05, 4.69) is 24.4 Å². The minimum Gasteiger partial charge on any atom is -0.489 e. The highest BCUT2D eigenvalue weighted by Crippen LogP contribution is 2.23. The van der Waals surface area contributed by atoms with Crippen molar-refractivity contribution in [1.29, 1.82) is 0 Å². The molecule has 2 nitrogen and oxygen atoms in total. The average Bonchev–Trinajstić information content (AvgIpc) is 2.41. The monoisotopic (exact) mass is 275 g/mol. The molecule has 0 bridgehead atoms. The Balaban J connectivity index is 2.11. The van der Waals surface area contributed by atoms with E-state index in [1.165, 1.54) is 5.56 Å². The summed E-state index contributed by atoms with van der Waals surface area (Å²) in [4.78, 5) is 0. The second kappa shape index (κ2) is 6.60. The maximum absolute atomic E-state index is 5.96. The molecule has 0 amide bonds. The molecule has 0 aliphatic rings. The lowest BCUT2D eigenvalue weighted by Gasteiger charge is -2.25. The van der Waals surface area contributed by atoms with Crippen molar-refractivity contribution in [1.82, 2.24) is 5.32 Å². The molecule has 0 saturated carbocycles. The van der Waals surface area contributed by atoms with Crippen LogP contribution in [-0.2, 0) is 0 Å². The van der Waals surface area contributed by atoms with Gasteiger partial charge in [-0.2, -0.15) is 0 Å². The number of ether oxygens (including phenoxy) is 1. The molecule has 0 spiro atoms. The highest BCUT2D eigenvalue weighted by molar-refractivity contribution is 6.30. The van der Waals surface area contributed by atoms with Gasteiger partial charge >= 0.3 is 0 Å². The van der Waals surface area contributed by atoms with Gasteiger partial charge in [0.1, 0.15) is 11.9 Å². The van der Waals surface area contributed by atoms with Crippen LogP contribution in [-0.4, -0.2) is 13.2 Å². The van der Waals surface area contributed by atoms with Crippen molar-refractivity contribution in [2.24, 2.45) is 0 Å². The third-order valence-corrected chi connectivity index (χ3v) is 3.29. The molecule has 2 aromatic rings. The molecule has 2 unspecified atom stereocenters. The Morgan fingerprint density at radius 2 is 1.79 bits per heavy atom. The molecule has 0 aliphatic heterocycles. The summed E-state index contributed by atoms with van der Waals surface area (Å²) in [5, 5.41) is 3.98. The average molecular weight is 276 g/mol. The predicted octanol–water partition coefficient (Wildman–Crippen LogP) is 4.07. The Bertz CT molecular complexity index is 515. The first-order chi connectivity index (χ1) is 9.20. The summed E-state index contributed by atoms with van der Waals surface area (Å²) in [6.07, 6.45) is 0.00543. The number of halogens is 1. The minimum absolute atomic E-state index is 0.00543. The smallest absolute Gasteiger partial charge is 0.121 e. The molecule has 2 aromatic carbocycles. The molecule has 1 N–H and O–H groups in total. The fourth-order valence-electron chi connectivity index (χ4n) is 2.16. The van der Waals surface area contributed by atoms with Crippen LogP contribution >= 0.6 is 11.6 Å². The van der Waals surface area contributed by atoms with Crippen LogP contribution in [0.4, 0.5) is 0 Å². The normalized spacial score (nSPS) is 13.8. The van der Waals surface area contributed by atoms with Gasteiger partial charge in [0.05, 0.1) is 6.04 Å². The maximum atomic E-state index is 5.96. The van der Waals surface area contributed by atoms with Crippen LogP contribution in [0.25, 0.3) is 0 Å².